The largest absolute Gasteiger partial charge is 0.497 e. The number of methoxy groups -OCH3 is 2. The van der Waals surface area contributed by atoms with E-state index in [1.54, 1.807) is 61.7 Å². The number of halogens is 1. The molecule has 1 saturated heterocycles. The van der Waals surface area contributed by atoms with Crippen LogP contribution in [0, 0.1) is 5.82 Å². The number of hydrogen-bond acceptors (Lipinski definition) is 5. The Morgan fingerprint density at radius 2 is 1.66 bits per heavy atom. The normalized spacial score (nSPS) is 15.3. The minimum atomic E-state index is -1.05. The highest BCUT2D eigenvalue weighted by atomic mass is 19.1. The number of nitrogens with zero attached hydrogens (tertiary/aromatic N) is 2. The molecule has 3 aromatic carbocycles. The zero-order valence-electron chi connectivity index (χ0n) is 19.2. The van der Waals surface area contributed by atoms with Gasteiger partial charge in [0.25, 0.3) is 5.91 Å². The lowest BCUT2D eigenvalue weighted by Gasteiger charge is -2.22. The first-order valence-electron chi connectivity index (χ1n) is 10.9. The van der Waals surface area contributed by atoms with Crippen molar-refractivity contribution in [2.75, 3.05) is 24.4 Å². The van der Waals surface area contributed by atoms with Crippen molar-refractivity contribution in [3.05, 3.63) is 84.2 Å². The van der Waals surface area contributed by atoms with Gasteiger partial charge >= 0.3 is 6.03 Å². The zero-order valence-corrected chi connectivity index (χ0v) is 19.2. The maximum absolute atomic E-state index is 13.5. The number of anilines is 2. The van der Waals surface area contributed by atoms with Crippen LogP contribution in [0.25, 0.3) is 0 Å². The number of urea groups is 1. The van der Waals surface area contributed by atoms with Crippen LogP contribution in [0.5, 0.6) is 11.5 Å². The van der Waals surface area contributed by atoms with E-state index in [-0.39, 0.29) is 18.7 Å². The maximum Gasteiger partial charge on any atom is 0.332 e. The van der Waals surface area contributed by atoms with Gasteiger partial charge in [-0.15, -0.1) is 0 Å². The fourth-order valence-corrected chi connectivity index (χ4v) is 3.88. The molecule has 1 aliphatic rings. The SMILES string of the molecule is COc1ccc(CN2C(=O)N(c3cccc(OC)c3)C(=O)C2CC(=O)Nc2cccc(F)c2)cc1. The number of ether oxygens (including phenoxy) is 2. The predicted molar refractivity (Wildman–Crippen MR) is 128 cm³/mol. The lowest BCUT2D eigenvalue weighted by molar-refractivity contribution is -0.124. The highest BCUT2D eigenvalue weighted by Crippen LogP contribution is 2.31. The molecule has 35 heavy (non-hydrogen) atoms. The average Bonchev–Trinajstić information content (AvgIpc) is 3.08. The Morgan fingerprint density at radius 1 is 0.943 bits per heavy atom. The number of benzene rings is 3. The molecule has 1 heterocycles. The van der Waals surface area contributed by atoms with E-state index in [1.165, 1.54) is 30.2 Å². The van der Waals surface area contributed by atoms with Gasteiger partial charge in [-0.1, -0.05) is 24.3 Å². The monoisotopic (exact) mass is 477 g/mol. The summed E-state index contributed by atoms with van der Waals surface area (Å²) < 4.78 is 23.9. The first-order valence-corrected chi connectivity index (χ1v) is 10.9. The van der Waals surface area contributed by atoms with Gasteiger partial charge in [0.15, 0.2) is 0 Å². The molecule has 0 bridgehead atoms. The summed E-state index contributed by atoms with van der Waals surface area (Å²) in [7, 11) is 3.04. The molecule has 0 aliphatic carbocycles. The average molecular weight is 477 g/mol. The molecular weight excluding hydrogens is 453 g/mol. The van der Waals surface area contributed by atoms with Crippen molar-refractivity contribution >= 4 is 29.2 Å². The second-order valence-corrected chi connectivity index (χ2v) is 7.91. The van der Waals surface area contributed by atoms with Gasteiger partial charge in [0, 0.05) is 18.3 Å². The minimum absolute atomic E-state index is 0.104. The van der Waals surface area contributed by atoms with E-state index in [4.69, 9.17) is 9.47 Å². The maximum atomic E-state index is 13.5. The van der Waals surface area contributed by atoms with E-state index in [9.17, 15) is 18.8 Å². The number of amides is 4. The van der Waals surface area contributed by atoms with Gasteiger partial charge in [0.1, 0.15) is 23.4 Å². The van der Waals surface area contributed by atoms with Gasteiger partial charge in [-0.25, -0.2) is 14.1 Å². The lowest BCUT2D eigenvalue weighted by Crippen LogP contribution is -2.37. The molecule has 4 amide bonds. The topological polar surface area (TPSA) is 88.2 Å². The molecule has 1 unspecified atom stereocenters. The van der Waals surface area contributed by atoms with Crippen molar-refractivity contribution in [1.29, 1.82) is 0 Å². The second kappa shape index (κ2) is 10.3. The van der Waals surface area contributed by atoms with Crippen molar-refractivity contribution in [2.24, 2.45) is 0 Å². The molecule has 1 N–H and O–H groups in total. The molecule has 8 nitrogen and oxygen atoms in total. The molecular formula is C26H24FN3O5. The van der Waals surface area contributed by atoms with Crippen molar-refractivity contribution in [3.63, 3.8) is 0 Å². The van der Waals surface area contributed by atoms with Crippen LogP contribution in [-0.2, 0) is 16.1 Å². The first kappa shape index (κ1) is 23.7. The standard InChI is InChI=1S/C26H24FN3O5/c1-34-21-11-9-17(10-12-21)16-29-23(15-24(31)28-19-6-3-5-18(27)13-19)25(32)30(26(29)33)20-7-4-8-22(14-20)35-2/h3-14,23H,15-16H2,1-2H3,(H,28,31). The predicted octanol–water partition coefficient (Wildman–Crippen LogP) is 4.21. The van der Waals surface area contributed by atoms with E-state index in [0.29, 0.717) is 17.2 Å². The Labute approximate surface area is 201 Å². The Balaban J connectivity index is 1.61. The Morgan fingerprint density at radius 3 is 2.34 bits per heavy atom. The Hall–Kier alpha value is -4.40. The van der Waals surface area contributed by atoms with Crippen LogP contribution < -0.4 is 19.7 Å². The molecule has 4 rings (SSSR count). The fraction of sp³-hybridized carbons (Fsp3) is 0.192. The molecule has 0 radical (unpaired) electrons. The van der Waals surface area contributed by atoms with Gasteiger partial charge in [0.05, 0.1) is 26.3 Å². The molecule has 0 spiro atoms. The summed E-state index contributed by atoms with van der Waals surface area (Å²) in [4.78, 5) is 42.0. The second-order valence-electron chi connectivity index (χ2n) is 7.91. The Kier molecular flexibility index (Phi) is 6.96. The number of nitrogens with one attached hydrogen (secondary N) is 1. The minimum Gasteiger partial charge on any atom is -0.497 e. The van der Waals surface area contributed by atoms with E-state index in [2.05, 4.69) is 5.32 Å². The molecule has 9 heteroatoms. The number of imide groups is 1. The van der Waals surface area contributed by atoms with Gasteiger partial charge in [-0.3, -0.25) is 9.59 Å². The van der Waals surface area contributed by atoms with Crippen molar-refractivity contribution in [2.45, 2.75) is 19.0 Å². The van der Waals surface area contributed by atoms with Crippen LogP contribution in [0.3, 0.4) is 0 Å². The summed E-state index contributed by atoms with van der Waals surface area (Å²) in [5.41, 5.74) is 1.36. The van der Waals surface area contributed by atoms with Crippen molar-refractivity contribution in [1.82, 2.24) is 4.90 Å². The van der Waals surface area contributed by atoms with Gasteiger partial charge < -0.3 is 19.7 Å². The Bertz CT molecular complexity index is 1250. The summed E-state index contributed by atoms with van der Waals surface area (Å²) in [6.07, 6.45) is -0.294. The van der Waals surface area contributed by atoms with Gasteiger partial charge in [-0.2, -0.15) is 0 Å². The number of carbonyl (C=O) groups is 3. The van der Waals surface area contributed by atoms with Crippen LogP contribution >= 0.6 is 0 Å². The van der Waals surface area contributed by atoms with Gasteiger partial charge in [0.2, 0.25) is 5.91 Å². The quantitative estimate of drug-likeness (QED) is 0.491. The number of hydrogen-bond donors (Lipinski definition) is 1. The molecule has 0 aromatic heterocycles. The molecule has 0 saturated carbocycles. The smallest absolute Gasteiger partial charge is 0.332 e. The van der Waals surface area contributed by atoms with Crippen LogP contribution in [0.2, 0.25) is 0 Å². The highest BCUT2D eigenvalue weighted by Gasteiger charge is 2.46. The summed E-state index contributed by atoms with van der Waals surface area (Å²) >= 11 is 0. The number of carbonyl (C=O) groups excluding carboxylic acids is 3. The first-order chi connectivity index (χ1) is 16.9. The van der Waals surface area contributed by atoms with Crippen LogP contribution in [0.4, 0.5) is 20.6 Å². The van der Waals surface area contributed by atoms with Gasteiger partial charge in [-0.05, 0) is 48.0 Å². The van der Waals surface area contributed by atoms with E-state index in [1.807, 2.05) is 0 Å². The van der Waals surface area contributed by atoms with Crippen LogP contribution in [0.15, 0.2) is 72.8 Å². The molecule has 1 atom stereocenters. The van der Waals surface area contributed by atoms with Crippen molar-refractivity contribution in [3.8, 4) is 11.5 Å². The van der Waals surface area contributed by atoms with E-state index < -0.39 is 29.7 Å². The molecule has 1 aliphatic heterocycles. The zero-order chi connectivity index (χ0) is 24.9. The third kappa shape index (κ3) is 5.24. The molecule has 3 aromatic rings. The third-order valence-corrected chi connectivity index (χ3v) is 5.63. The number of rotatable bonds is 8. The summed E-state index contributed by atoms with van der Waals surface area (Å²) in [6, 6.07) is 17.5. The van der Waals surface area contributed by atoms with Crippen molar-refractivity contribution < 1.29 is 28.2 Å². The summed E-state index contributed by atoms with van der Waals surface area (Å²) in [6.45, 7) is 0.104. The third-order valence-electron chi connectivity index (χ3n) is 5.63. The van der Waals surface area contributed by atoms with Crippen LogP contribution in [-0.4, -0.2) is 43.0 Å². The highest BCUT2D eigenvalue weighted by molar-refractivity contribution is 6.22. The molecule has 1 fully saturated rings. The van der Waals surface area contributed by atoms with Crippen LogP contribution in [0.1, 0.15) is 12.0 Å². The summed E-state index contributed by atoms with van der Waals surface area (Å²) in [5, 5.41) is 2.59. The molecule has 180 valence electrons. The lowest BCUT2D eigenvalue weighted by atomic mass is 10.1. The fourth-order valence-electron chi connectivity index (χ4n) is 3.88. The summed E-state index contributed by atoms with van der Waals surface area (Å²) in [5.74, 6) is -0.418. The van der Waals surface area contributed by atoms with E-state index in [0.717, 1.165) is 10.5 Å². The van der Waals surface area contributed by atoms with E-state index >= 15 is 0 Å².